The van der Waals surface area contributed by atoms with Crippen molar-refractivity contribution in [3.63, 3.8) is 0 Å². The van der Waals surface area contributed by atoms with Gasteiger partial charge in [0, 0.05) is 19.6 Å². The minimum absolute atomic E-state index is 0.0355. The molecule has 7 heteroatoms. The molecule has 2 aromatic rings. The summed E-state index contributed by atoms with van der Waals surface area (Å²) < 4.78 is 38.2. The number of phenolic OH excluding ortho intramolecular Hbond substituents is 1. The molecule has 0 spiro atoms. The molecule has 0 aliphatic carbocycles. The molecule has 2 amide bonds. The number of carbonyl (C=O) groups is 1. The Labute approximate surface area is 154 Å². The molecule has 2 N–H and O–H groups in total. The van der Waals surface area contributed by atoms with Crippen molar-refractivity contribution in [3.8, 4) is 5.75 Å². The van der Waals surface area contributed by atoms with E-state index in [9.17, 15) is 23.1 Å². The van der Waals surface area contributed by atoms with Gasteiger partial charge in [-0.25, -0.2) is 4.79 Å². The first kappa shape index (κ1) is 18.8. The Morgan fingerprint density at radius 1 is 1.15 bits per heavy atom. The van der Waals surface area contributed by atoms with Gasteiger partial charge in [-0.2, -0.15) is 13.2 Å². The number of nitrogens with one attached hydrogen (secondary N) is 1. The highest BCUT2D eigenvalue weighted by atomic mass is 19.4. The predicted molar refractivity (Wildman–Crippen MR) is 96.0 cm³/mol. The number of benzene rings is 2. The third-order valence-electron chi connectivity index (χ3n) is 4.43. The van der Waals surface area contributed by atoms with Crippen LogP contribution < -0.4 is 5.32 Å². The van der Waals surface area contributed by atoms with Gasteiger partial charge in [0.15, 0.2) is 0 Å². The second kappa shape index (κ2) is 7.73. The number of amides is 2. The molecule has 142 valence electrons. The third kappa shape index (κ3) is 4.81. The summed E-state index contributed by atoms with van der Waals surface area (Å²) in [7, 11) is 0. The normalized spacial score (nSPS) is 14.6. The Morgan fingerprint density at radius 3 is 2.52 bits per heavy atom. The number of hydrogen-bond donors (Lipinski definition) is 2. The van der Waals surface area contributed by atoms with Crippen molar-refractivity contribution in [2.75, 3.05) is 13.1 Å². The van der Waals surface area contributed by atoms with Gasteiger partial charge in [0.2, 0.25) is 0 Å². The van der Waals surface area contributed by atoms with Crippen LogP contribution in [0.15, 0.2) is 54.6 Å². The Hall–Kier alpha value is -2.96. The molecule has 27 heavy (non-hydrogen) atoms. The number of halogens is 3. The fraction of sp³-hybridized carbons (Fsp3) is 0.250. The van der Waals surface area contributed by atoms with E-state index in [1.807, 2.05) is 18.2 Å². The quantitative estimate of drug-likeness (QED) is 0.834. The van der Waals surface area contributed by atoms with Crippen LogP contribution in [-0.2, 0) is 12.7 Å². The molecule has 0 saturated heterocycles. The monoisotopic (exact) mass is 376 g/mol. The molecule has 0 unspecified atom stereocenters. The smallest absolute Gasteiger partial charge is 0.416 e. The van der Waals surface area contributed by atoms with Gasteiger partial charge in [-0.1, -0.05) is 30.3 Å². The van der Waals surface area contributed by atoms with E-state index in [1.165, 1.54) is 6.07 Å². The van der Waals surface area contributed by atoms with Crippen molar-refractivity contribution in [1.29, 1.82) is 0 Å². The summed E-state index contributed by atoms with van der Waals surface area (Å²) in [5.41, 5.74) is 1.76. The summed E-state index contributed by atoms with van der Waals surface area (Å²) in [5, 5.41) is 12.0. The number of rotatable bonds is 3. The number of carbonyl (C=O) groups excluding carboxylic acids is 1. The predicted octanol–water partition coefficient (Wildman–Crippen LogP) is 4.41. The fourth-order valence-corrected chi connectivity index (χ4v) is 2.94. The molecule has 1 heterocycles. The van der Waals surface area contributed by atoms with Crippen LogP contribution in [0.25, 0.3) is 5.57 Å². The van der Waals surface area contributed by atoms with Gasteiger partial charge in [-0.15, -0.1) is 0 Å². The van der Waals surface area contributed by atoms with E-state index < -0.39 is 11.7 Å². The van der Waals surface area contributed by atoms with Gasteiger partial charge < -0.3 is 15.3 Å². The van der Waals surface area contributed by atoms with Gasteiger partial charge in [-0.05, 0) is 47.4 Å². The topological polar surface area (TPSA) is 52.6 Å². The Bertz CT molecular complexity index is 845. The maximum atomic E-state index is 12.7. The van der Waals surface area contributed by atoms with Crippen molar-refractivity contribution < 1.29 is 23.1 Å². The lowest BCUT2D eigenvalue weighted by Crippen LogP contribution is -2.41. The maximum absolute atomic E-state index is 12.7. The van der Waals surface area contributed by atoms with Crippen LogP contribution in [0.2, 0.25) is 0 Å². The number of hydrogen-bond acceptors (Lipinski definition) is 2. The maximum Gasteiger partial charge on any atom is 0.416 e. The molecular formula is C20H19F3N2O2. The Kier molecular flexibility index (Phi) is 5.39. The largest absolute Gasteiger partial charge is 0.508 e. The molecule has 0 aromatic heterocycles. The average Bonchev–Trinajstić information content (AvgIpc) is 2.66. The van der Waals surface area contributed by atoms with Gasteiger partial charge >= 0.3 is 12.2 Å². The average molecular weight is 376 g/mol. The molecule has 0 radical (unpaired) electrons. The second-order valence-corrected chi connectivity index (χ2v) is 6.33. The van der Waals surface area contributed by atoms with Crippen molar-refractivity contribution in [1.82, 2.24) is 10.2 Å². The number of urea groups is 1. The number of alkyl halides is 3. The Balaban J connectivity index is 1.56. The van der Waals surface area contributed by atoms with Crippen LogP contribution in [0.3, 0.4) is 0 Å². The minimum Gasteiger partial charge on any atom is -0.508 e. The van der Waals surface area contributed by atoms with Gasteiger partial charge in [0.05, 0.1) is 5.56 Å². The molecule has 3 rings (SSSR count). The molecular weight excluding hydrogens is 357 g/mol. The molecule has 1 aliphatic heterocycles. The van der Waals surface area contributed by atoms with E-state index in [0.29, 0.717) is 25.1 Å². The zero-order valence-electron chi connectivity index (χ0n) is 14.5. The first-order chi connectivity index (χ1) is 12.8. The van der Waals surface area contributed by atoms with Crippen LogP contribution in [0.4, 0.5) is 18.0 Å². The van der Waals surface area contributed by atoms with Crippen LogP contribution in [0, 0.1) is 0 Å². The van der Waals surface area contributed by atoms with Gasteiger partial charge in [-0.3, -0.25) is 0 Å². The molecule has 0 bridgehead atoms. The molecule has 2 aromatic carbocycles. The lowest BCUT2D eigenvalue weighted by molar-refractivity contribution is -0.137. The van der Waals surface area contributed by atoms with E-state index >= 15 is 0 Å². The lowest BCUT2D eigenvalue weighted by Gasteiger charge is -2.27. The minimum atomic E-state index is -4.40. The standard InChI is InChI=1S/C20H19F3N2O2/c21-20(22,23)17-3-1-2-14(12-17)13-24-19(27)25-10-8-16(9-11-25)15-4-6-18(26)7-5-15/h1-8,12,26H,9-11,13H2,(H,24,27). The van der Waals surface area contributed by atoms with E-state index in [2.05, 4.69) is 5.32 Å². The van der Waals surface area contributed by atoms with Crippen molar-refractivity contribution in [2.45, 2.75) is 19.1 Å². The van der Waals surface area contributed by atoms with Gasteiger partial charge in [0.25, 0.3) is 0 Å². The lowest BCUT2D eigenvalue weighted by atomic mass is 9.99. The van der Waals surface area contributed by atoms with E-state index in [4.69, 9.17) is 0 Å². The number of phenols is 1. The first-order valence-corrected chi connectivity index (χ1v) is 8.50. The summed E-state index contributed by atoms with van der Waals surface area (Å²) >= 11 is 0. The van der Waals surface area contributed by atoms with Crippen LogP contribution in [-0.4, -0.2) is 29.1 Å². The van der Waals surface area contributed by atoms with Gasteiger partial charge in [0.1, 0.15) is 5.75 Å². The molecule has 4 nitrogen and oxygen atoms in total. The van der Waals surface area contributed by atoms with Crippen LogP contribution in [0.1, 0.15) is 23.1 Å². The fourth-order valence-electron chi connectivity index (χ4n) is 2.94. The highest BCUT2D eigenvalue weighted by molar-refractivity contribution is 5.76. The molecule has 1 aliphatic rings. The van der Waals surface area contributed by atoms with Crippen molar-refractivity contribution in [2.24, 2.45) is 0 Å². The summed E-state index contributed by atoms with van der Waals surface area (Å²) in [6.07, 6.45) is -1.79. The van der Waals surface area contributed by atoms with Crippen LogP contribution in [0.5, 0.6) is 5.75 Å². The first-order valence-electron chi connectivity index (χ1n) is 8.50. The summed E-state index contributed by atoms with van der Waals surface area (Å²) in [6, 6.07) is 11.5. The van der Waals surface area contributed by atoms with E-state index in [0.717, 1.165) is 23.3 Å². The van der Waals surface area contributed by atoms with Crippen LogP contribution >= 0.6 is 0 Å². The zero-order valence-corrected chi connectivity index (χ0v) is 14.5. The summed E-state index contributed by atoms with van der Waals surface area (Å²) in [4.78, 5) is 13.9. The van der Waals surface area contributed by atoms with Crippen molar-refractivity contribution in [3.05, 3.63) is 71.3 Å². The SMILES string of the molecule is O=C(NCc1cccc(C(F)(F)F)c1)N1CC=C(c2ccc(O)cc2)CC1. The summed E-state index contributed by atoms with van der Waals surface area (Å²) in [6.45, 7) is 0.972. The zero-order chi connectivity index (χ0) is 19.4. The van der Waals surface area contributed by atoms with Crippen molar-refractivity contribution >= 4 is 11.6 Å². The molecule has 0 atom stereocenters. The second-order valence-electron chi connectivity index (χ2n) is 6.33. The highest BCUT2D eigenvalue weighted by Crippen LogP contribution is 2.29. The van der Waals surface area contributed by atoms with E-state index in [1.54, 1.807) is 23.1 Å². The number of nitrogens with zero attached hydrogens (tertiary/aromatic N) is 1. The Morgan fingerprint density at radius 2 is 1.89 bits per heavy atom. The van der Waals surface area contributed by atoms with E-state index in [-0.39, 0.29) is 18.3 Å². The third-order valence-corrected chi connectivity index (χ3v) is 4.43. The highest BCUT2D eigenvalue weighted by Gasteiger charge is 2.30. The summed E-state index contributed by atoms with van der Waals surface area (Å²) in [5.74, 6) is 0.200. The molecule has 0 saturated carbocycles. The molecule has 0 fully saturated rings. The number of aromatic hydroxyl groups is 1.